The van der Waals surface area contributed by atoms with Gasteiger partial charge in [0.2, 0.25) is 0 Å². The van der Waals surface area contributed by atoms with Crippen LogP contribution < -0.4 is 9.64 Å². The molecule has 0 spiro atoms. The minimum Gasteiger partial charge on any atom is -0.509 e. The van der Waals surface area contributed by atoms with Gasteiger partial charge in [0.05, 0.1) is 0 Å². The predicted molar refractivity (Wildman–Crippen MR) is 361 cm³/mol. The van der Waals surface area contributed by atoms with Crippen LogP contribution in [0.3, 0.4) is 0 Å². The van der Waals surface area contributed by atoms with Crippen LogP contribution in [-0.4, -0.2) is 14.1 Å². The van der Waals surface area contributed by atoms with Crippen LogP contribution in [0.15, 0.2) is 188 Å². The van der Waals surface area contributed by atoms with Crippen molar-refractivity contribution in [3.63, 3.8) is 0 Å². The molecule has 1 aliphatic rings. The summed E-state index contributed by atoms with van der Waals surface area (Å²) in [6, 6.07) is 75.2. The van der Waals surface area contributed by atoms with E-state index in [0.29, 0.717) is 11.5 Å². The Balaban J connectivity index is 0.00000724. The normalized spacial score (nSPS) is 13.0. The second-order valence-electron chi connectivity index (χ2n) is 28.7. The van der Waals surface area contributed by atoms with Crippen molar-refractivity contribution < 1.29 is 25.8 Å². The van der Waals surface area contributed by atoms with Gasteiger partial charge in [-0.2, -0.15) is 12.1 Å². The van der Waals surface area contributed by atoms with E-state index in [1.807, 2.05) is 18.3 Å². The van der Waals surface area contributed by atoms with E-state index in [4.69, 9.17) is 9.72 Å². The first kappa shape index (κ1) is 58.3. The van der Waals surface area contributed by atoms with E-state index >= 15 is 0 Å². The number of aromatic nitrogens is 3. The zero-order valence-corrected chi connectivity index (χ0v) is 54.8. The topological polar surface area (TPSA) is 35.2 Å². The summed E-state index contributed by atoms with van der Waals surface area (Å²) in [5.74, 6) is 2.02. The molecule has 0 aliphatic carbocycles. The Kier molecular flexibility index (Phi) is 14.3. The largest absolute Gasteiger partial charge is 0.509 e. The van der Waals surface area contributed by atoms with Crippen molar-refractivity contribution in [2.75, 3.05) is 4.90 Å². The maximum atomic E-state index is 6.88. The van der Waals surface area contributed by atoms with Gasteiger partial charge < -0.3 is 18.8 Å². The molecule has 0 saturated heterocycles. The Hall–Kier alpha value is -8.11. The van der Waals surface area contributed by atoms with Gasteiger partial charge in [-0.15, -0.1) is 35.7 Å². The van der Waals surface area contributed by atoms with Gasteiger partial charge in [-0.1, -0.05) is 236 Å². The quantitative estimate of drug-likeness (QED) is 0.156. The number of nitrogens with zero attached hydrogens (tertiary/aromatic N) is 4. The summed E-state index contributed by atoms with van der Waals surface area (Å²) in [6.07, 6.45) is 1.91. The van der Waals surface area contributed by atoms with Crippen molar-refractivity contribution in [1.82, 2.24) is 14.1 Å². The number of ether oxygens (including phenoxy) is 1. The molecular weight excluding hydrogens is 1230 g/mol. The first-order chi connectivity index (χ1) is 40.3. The van der Waals surface area contributed by atoms with Crippen molar-refractivity contribution in [2.24, 2.45) is 0 Å². The van der Waals surface area contributed by atoms with Crippen LogP contribution in [0.1, 0.15) is 132 Å². The van der Waals surface area contributed by atoms with Gasteiger partial charge in [-0.25, -0.2) is 4.98 Å². The Morgan fingerprint density at radius 3 is 1.59 bits per heavy atom. The molecule has 12 aromatic rings. The maximum absolute atomic E-state index is 6.88. The molecule has 0 N–H and O–H groups in total. The Bertz CT molecular complexity index is 4720. The number of anilines is 2. The average molecular weight is 1310 g/mol. The van der Waals surface area contributed by atoms with Crippen LogP contribution in [0.25, 0.3) is 93.2 Å². The molecule has 0 fully saturated rings. The third-order valence-electron chi connectivity index (χ3n) is 17.4. The SMILES string of the molecule is CC(C)(C)c1cc(-c2cc(C(C)(C)C)cc(C(C)(C)C)c2)cc(-c2cccc3c4cc(C(C)(C)C)ccc4c4ccccc4c4cccc5c4n(c23)[CH-]N5c2[c-]c(Oc3[c-]c4c(cc3)c3ccccc3n4-c3cc(C(C)(C)C)ccn3)ccc2)c1.[Pt]. The molecule has 0 atom stereocenters. The third-order valence-corrected chi connectivity index (χ3v) is 17.4. The van der Waals surface area contributed by atoms with Crippen molar-refractivity contribution in [3.05, 3.63) is 235 Å². The molecule has 0 bridgehead atoms. The molecule has 4 heterocycles. The van der Waals surface area contributed by atoms with Gasteiger partial charge in [0.25, 0.3) is 0 Å². The zero-order valence-electron chi connectivity index (χ0n) is 52.5. The smallest absolute Gasteiger partial charge is 0.135 e. The summed E-state index contributed by atoms with van der Waals surface area (Å²) in [5, 5.41) is 9.30. The molecule has 6 heteroatoms. The Morgan fingerprint density at radius 2 is 0.919 bits per heavy atom. The molecule has 0 radical (unpaired) electrons. The van der Waals surface area contributed by atoms with Gasteiger partial charge in [0, 0.05) is 50.0 Å². The van der Waals surface area contributed by atoms with Crippen molar-refractivity contribution in [3.8, 4) is 39.6 Å². The summed E-state index contributed by atoms with van der Waals surface area (Å²) in [6.45, 7) is 37.0. The molecule has 5 nitrogen and oxygen atoms in total. The van der Waals surface area contributed by atoms with E-state index in [9.17, 15) is 0 Å². The molecule has 9 aromatic carbocycles. The molecule has 0 saturated carbocycles. The Labute approximate surface area is 523 Å². The van der Waals surface area contributed by atoms with Gasteiger partial charge in [0.15, 0.2) is 0 Å². The minimum absolute atomic E-state index is 0. The second kappa shape index (κ2) is 21.1. The maximum Gasteiger partial charge on any atom is 0.135 e. The number of pyridine rings is 1. The molecule has 13 rings (SSSR count). The van der Waals surface area contributed by atoms with Gasteiger partial charge in [-0.05, 0) is 163 Å². The second-order valence-corrected chi connectivity index (χ2v) is 28.7. The summed E-state index contributed by atoms with van der Waals surface area (Å²) in [5.41, 5.74) is 16.9. The van der Waals surface area contributed by atoms with E-state index in [0.717, 1.165) is 66.4 Å². The van der Waals surface area contributed by atoms with Gasteiger partial charge in [-0.3, -0.25) is 0 Å². The molecule has 1 aliphatic heterocycles. The summed E-state index contributed by atoms with van der Waals surface area (Å²) in [7, 11) is 0. The molecule has 86 heavy (non-hydrogen) atoms. The predicted octanol–water partition coefficient (Wildman–Crippen LogP) is 22.0. The molecular formula is C80H77N4OPt-3. The zero-order chi connectivity index (χ0) is 59.7. The van der Waals surface area contributed by atoms with E-state index in [-0.39, 0.29) is 48.1 Å². The van der Waals surface area contributed by atoms with Crippen LogP contribution in [0.4, 0.5) is 11.4 Å². The summed E-state index contributed by atoms with van der Waals surface area (Å²) >= 11 is 0. The molecule has 0 amide bonds. The third kappa shape index (κ3) is 10.4. The number of hydrogen-bond donors (Lipinski definition) is 0. The first-order valence-electron chi connectivity index (χ1n) is 30.2. The monoisotopic (exact) mass is 1300 g/mol. The molecule has 0 unspecified atom stereocenters. The van der Waals surface area contributed by atoms with Crippen LogP contribution in [0, 0.1) is 18.8 Å². The van der Waals surface area contributed by atoms with E-state index in [2.05, 4.69) is 307 Å². The molecule has 436 valence electrons. The number of rotatable bonds is 6. The van der Waals surface area contributed by atoms with Gasteiger partial charge >= 0.3 is 0 Å². The number of fused-ring (bicyclic) bond motifs is 10. The fourth-order valence-electron chi connectivity index (χ4n) is 12.4. The number of para-hydroxylation sites is 3. The number of benzene rings is 9. The van der Waals surface area contributed by atoms with Crippen LogP contribution in [0.2, 0.25) is 0 Å². The summed E-state index contributed by atoms with van der Waals surface area (Å²) < 4.78 is 11.6. The van der Waals surface area contributed by atoms with Crippen molar-refractivity contribution >= 4 is 76.5 Å². The van der Waals surface area contributed by atoms with Gasteiger partial charge in [0.1, 0.15) is 5.82 Å². The van der Waals surface area contributed by atoms with E-state index in [1.165, 1.54) is 66.1 Å². The summed E-state index contributed by atoms with van der Waals surface area (Å²) in [4.78, 5) is 7.23. The number of hydrogen-bond acceptors (Lipinski definition) is 3. The minimum atomic E-state index is -0.147. The first-order valence-corrected chi connectivity index (χ1v) is 30.2. The van der Waals surface area contributed by atoms with Crippen LogP contribution in [0.5, 0.6) is 11.5 Å². The van der Waals surface area contributed by atoms with Crippen molar-refractivity contribution in [1.29, 1.82) is 0 Å². The Morgan fingerprint density at radius 1 is 0.395 bits per heavy atom. The fraction of sp³-hybridized carbons (Fsp3) is 0.250. The van der Waals surface area contributed by atoms with Crippen molar-refractivity contribution in [2.45, 2.75) is 131 Å². The molecule has 3 aromatic heterocycles. The van der Waals surface area contributed by atoms with Crippen LogP contribution >= 0.6 is 0 Å². The average Bonchev–Trinajstić information content (AvgIpc) is 1.60. The van der Waals surface area contributed by atoms with E-state index < -0.39 is 0 Å². The standard InChI is InChI=1S/C80H77N4O.Pt/c1-76(2,3)53-33-35-64-62-25-16-17-26-63(62)67-30-22-32-71-75(67)83(74-61(28-21-29-68(74)69(64)45-53)52-39-50(40-55(43-52)78(7,8)9)51-41-56(79(10,11)12)44-57(42-51)80(13,14)15)49-82(71)58-23-20-24-59(47-58)85-60-34-36-66-65-27-18-19-31-70(65)84(72(66)48-60)73-46-54(37-38-81-73)77(4,5)6;/h16-46,49H,1-15H3;/q-3;. The fourth-order valence-corrected chi connectivity index (χ4v) is 12.4. The van der Waals surface area contributed by atoms with Crippen LogP contribution in [-0.2, 0) is 48.1 Å². The van der Waals surface area contributed by atoms with E-state index in [1.54, 1.807) is 0 Å².